The molecule has 3 rings (SSSR count). The molecule has 0 spiro atoms. The zero-order valence-electron chi connectivity index (χ0n) is 17.6. The summed E-state index contributed by atoms with van der Waals surface area (Å²) in [6.07, 6.45) is 4.90. The number of hydrogen-bond donors (Lipinski definition) is 2. The molecule has 0 atom stereocenters. The standard InChI is InChI=1S/C22H28N4O4S/c1-31(28,29)20-10-8-19(9-11-20)24-21(27)16-30-25-22(23)18-7-5-6-17(14-18)15-26-12-3-2-4-13-26/h5-11,14H,2-4,12-13,15-16H2,1H3,(H2,23,25)(H,24,27). The monoisotopic (exact) mass is 444 g/mol. The molecule has 0 saturated carbocycles. The number of hydrogen-bond acceptors (Lipinski definition) is 6. The minimum Gasteiger partial charge on any atom is -0.384 e. The average molecular weight is 445 g/mol. The lowest BCUT2D eigenvalue weighted by Gasteiger charge is -2.26. The summed E-state index contributed by atoms with van der Waals surface area (Å²) in [4.78, 5) is 19.7. The predicted octanol–water partition coefficient (Wildman–Crippen LogP) is 2.35. The van der Waals surface area contributed by atoms with Crippen LogP contribution in [0.15, 0.2) is 58.6 Å². The first-order valence-electron chi connectivity index (χ1n) is 10.2. The van der Waals surface area contributed by atoms with Gasteiger partial charge in [0, 0.05) is 24.1 Å². The predicted molar refractivity (Wildman–Crippen MR) is 120 cm³/mol. The van der Waals surface area contributed by atoms with Crippen molar-refractivity contribution in [1.82, 2.24) is 4.90 Å². The molecule has 0 aliphatic carbocycles. The molecule has 0 radical (unpaired) electrons. The Hall–Kier alpha value is -2.91. The quantitative estimate of drug-likeness (QED) is 0.367. The number of rotatable bonds is 8. The molecule has 3 N–H and O–H groups in total. The molecule has 1 aliphatic rings. The first-order valence-corrected chi connectivity index (χ1v) is 12.1. The van der Waals surface area contributed by atoms with Gasteiger partial charge in [0.25, 0.3) is 5.91 Å². The molecule has 9 heteroatoms. The van der Waals surface area contributed by atoms with E-state index in [2.05, 4.69) is 21.4 Å². The smallest absolute Gasteiger partial charge is 0.265 e. The maximum atomic E-state index is 12.0. The number of amides is 1. The number of anilines is 1. The van der Waals surface area contributed by atoms with Crippen molar-refractivity contribution in [3.8, 4) is 0 Å². The van der Waals surface area contributed by atoms with Gasteiger partial charge in [-0.05, 0) is 61.8 Å². The van der Waals surface area contributed by atoms with E-state index in [0.717, 1.165) is 37.0 Å². The molecule has 1 heterocycles. The van der Waals surface area contributed by atoms with E-state index in [1.165, 1.54) is 43.5 Å². The molecule has 2 aromatic rings. The second-order valence-electron chi connectivity index (χ2n) is 7.63. The van der Waals surface area contributed by atoms with Crippen LogP contribution >= 0.6 is 0 Å². The number of piperidine rings is 1. The van der Waals surface area contributed by atoms with Gasteiger partial charge in [0.05, 0.1) is 4.90 Å². The summed E-state index contributed by atoms with van der Waals surface area (Å²) in [7, 11) is -3.28. The first-order chi connectivity index (χ1) is 14.8. The van der Waals surface area contributed by atoms with Gasteiger partial charge in [0.1, 0.15) is 0 Å². The van der Waals surface area contributed by atoms with Crippen molar-refractivity contribution < 1.29 is 18.0 Å². The summed E-state index contributed by atoms with van der Waals surface area (Å²) in [5.41, 5.74) is 8.38. The van der Waals surface area contributed by atoms with Crippen molar-refractivity contribution in [3.05, 3.63) is 59.7 Å². The largest absolute Gasteiger partial charge is 0.384 e. The minimum atomic E-state index is -3.28. The Bertz CT molecular complexity index is 1030. The molecule has 1 fully saturated rings. The molecule has 1 saturated heterocycles. The third-order valence-corrected chi connectivity index (χ3v) is 6.13. The van der Waals surface area contributed by atoms with Crippen LogP contribution in [-0.4, -0.2) is 51.0 Å². The average Bonchev–Trinajstić information content (AvgIpc) is 2.74. The van der Waals surface area contributed by atoms with Crippen molar-refractivity contribution >= 4 is 27.3 Å². The number of amidine groups is 1. The SMILES string of the molecule is CS(=O)(=O)c1ccc(NC(=O)CO/N=C(/N)c2cccc(CN3CCCCC3)c2)cc1. The van der Waals surface area contributed by atoms with Crippen molar-refractivity contribution in [2.45, 2.75) is 30.7 Å². The van der Waals surface area contributed by atoms with Gasteiger partial charge < -0.3 is 15.9 Å². The Morgan fingerprint density at radius 3 is 2.52 bits per heavy atom. The van der Waals surface area contributed by atoms with E-state index in [1.54, 1.807) is 0 Å². The summed E-state index contributed by atoms with van der Waals surface area (Å²) in [6, 6.07) is 13.7. The number of likely N-dealkylation sites (tertiary alicyclic amines) is 1. The highest BCUT2D eigenvalue weighted by Crippen LogP contribution is 2.15. The molecule has 8 nitrogen and oxygen atoms in total. The van der Waals surface area contributed by atoms with Crippen LogP contribution in [0.3, 0.4) is 0 Å². The third kappa shape index (κ3) is 7.08. The molecule has 31 heavy (non-hydrogen) atoms. The van der Waals surface area contributed by atoms with E-state index in [1.807, 2.05) is 18.2 Å². The molecule has 0 unspecified atom stereocenters. The zero-order chi connectivity index (χ0) is 22.3. The summed E-state index contributed by atoms with van der Waals surface area (Å²) < 4.78 is 22.9. The zero-order valence-corrected chi connectivity index (χ0v) is 18.4. The van der Waals surface area contributed by atoms with Crippen molar-refractivity contribution in [1.29, 1.82) is 0 Å². The fourth-order valence-electron chi connectivity index (χ4n) is 3.40. The maximum absolute atomic E-state index is 12.0. The van der Waals surface area contributed by atoms with Crippen molar-refractivity contribution in [2.24, 2.45) is 10.9 Å². The normalized spacial score (nSPS) is 15.5. The maximum Gasteiger partial charge on any atom is 0.265 e. The van der Waals surface area contributed by atoms with E-state index < -0.39 is 15.7 Å². The Labute approximate surface area is 183 Å². The Morgan fingerprint density at radius 1 is 1.13 bits per heavy atom. The number of carbonyl (C=O) groups excluding carboxylic acids is 1. The third-order valence-electron chi connectivity index (χ3n) is 5.00. The van der Waals surface area contributed by atoms with Gasteiger partial charge in [-0.15, -0.1) is 0 Å². The number of oxime groups is 1. The van der Waals surface area contributed by atoms with Gasteiger partial charge in [0.15, 0.2) is 22.3 Å². The first kappa shape index (κ1) is 22.8. The van der Waals surface area contributed by atoms with E-state index in [4.69, 9.17) is 10.6 Å². The lowest BCUT2D eigenvalue weighted by Crippen LogP contribution is -2.29. The molecule has 0 aromatic heterocycles. The van der Waals surface area contributed by atoms with Gasteiger partial charge >= 0.3 is 0 Å². The topological polar surface area (TPSA) is 114 Å². The highest BCUT2D eigenvalue weighted by molar-refractivity contribution is 7.90. The number of nitrogens with two attached hydrogens (primary N) is 1. The molecule has 1 amide bonds. The van der Waals surface area contributed by atoms with E-state index in [0.29, 0.717) is 5.69 Å². The van der Waals surface area contributed by atoms with Crippen LogP contribution in [0.5, 0.6) is 0 Å². The lowest BCUT2D eigenvalue weighted by molar-refractivity contribution is -0.120. The van der Waals surface area contributed by atoms with Gasteiger partial charge in [-0.2, -0.15) is 0 Å². The van der Waals surface area contributed by atoms with E-state index in [9.17, 15) is 13.2 Å². The Kier molecular flexibility index (Phi) is 7.64. The highest BCUT2D eigenvalue weighted by atomic mass is 32.2. The summed E-state index contributed by atoms with van der Waals surface area (Å²) in [5.74, 6) is -0.228. The molecule has 0 bridgehead atoms. The van der Waals surface area contributed by atoms with Crippen LogP contribution in [0.25, 0.3) is 0 Å². The number of carbonyl (C=O) groups is 1. The summed E-state index contributed by atoms with van der Waals surface area (Å²) in [6.45, 7) is 2.79. The molecular formula is C22H28N4O4S. The Balaban J connectivity index is 1.51. The number of nitrogens with zero attached hydrogens (tertiary/aromatic N) is 2. The van der Waals surface area contributed by atoms with Gasteiger partial charge in [-0.25, -0.2) is 8.42 Å². The minimum absolute atomic E-state index is 0.182. The molecule has 1 aliphatic heterocycles. The van der Waals surface area contributed by atoms with Gasteiger partial charge in [-0.1, -0.05) is 29.8 Å². The molecule has 166 valence electrons. The Morgan fingerprint density at radius 2 is 1.84 bits per heavy atom. The van der Waals surface area contributed by atoms with Crippen LogP contribution < -0.4 is 11.1 Å². The van der Waals surface area contributed by atoms with Gasteiger partial charge in [0.2, 0.25) is 0 Å². The van der Waals surface area contributed by atoms with Crippen LogP contribution in [0.2, 0.25) is 0 Å². The fourth-order valence-corrected chi connectivity index (χ4v) is 4.03. The number of nitrogens with one attached hydrogen (secondary N) is 1. The highest BCUT2D eigenvalue weighted by Gasteiger charge is 2.11. The molecule has 2 aromatic carbocycles. The number of benzene rings is 2. The lowest BCUT2D eigenvalue weighted by atomic mass is 10.1. The van der Waals surface area contributed by atoms with Crippen LogP contribution in [-0.2, 0) is 26.0 Å². The van der Waals surface area contributed by atoms with E-state index in [-0.39, 0.29) is 17.3 Å². The second kappa shape index (κ2) is 10.4. The summed E-state index contributed by atoms with van der Waals surface area (Å²) in [5, 5.41) is 6.47. The number of sulfone groups is 1. The van der Waals surface area contributed by atoms with E-state index >= 15 is 0 Å². The fraction of sp³-hybridized carbons (Fsp3) is 0.364. The molecular weight excluding hydrogens is 416 g/mol. The van der Waals surface area contributed by atoms with Gasteiger partial charge in [-0.3, -0.25) is 9.69 Å². The van der Waals surface area contributed by atoms with Crippen molar-refractivity contribution in [3.63, 3.8) is 0 Å². The van der Waals surface area contributed by atoms with Crippen LogP contribution in [0, 0.1) is 0 Å². The second-order valence-corrected chi connectivity index (χ2v) is 9.65. The van der Waals surface area contributed by atoms with Crippen LogP contribution in [0.1, 0.15) is 30.4 Å². The van der Waals surface area contributed by atoms with Crippen LogP contribution in [0.4, 0.5) is 5.69 Å². The van der Waals surface area contributed by atoms with Crippen molar-refractivity contribution in [2.75, 3.05) is 31.3 Å². The summed E-state index contributed by atoms with van der Waals surface area (Å²) >= 11 is 0.